The van der Waals surface area contributed by atoms with Crippen molar-refractivity contribution in [2.24, 2.45) is 7.05 Å². The molecule has 24 heavy (non-hydrogen) atoms. The third-order valence-electron chi connectivity index (χ3n) is 4.36. The Labute approximate surface area is 138 Å². The molecule has 0 radical (unpaired) electrons. The highest BCUT2D eigenvalue weighted by atomic mass is 16.3. The molecule has 0 aliphatic heterocycles. The number of rotatable bonds is 3. The van der Waals surface area contributed by atoms with Crippen molar-refractivity contribution in [1.29, 1.82) is 0 Å². The van der Waals surface area contributed by atoms with E-state index in [2.05, 4.69) is 15.1 Å². The van der Waals surface area contributed by atoms with E-state index >= 15 is 0 Å². The number of aryl methyl sites for hydroxylation is 1. The van der Waals surface area contributed by atoms with Crippen LogP contribution in [0.2, 0.25) is 0 Å². The molecule has 7 nitrogen and oxygen atoms in total. The Hall–Kier alpha value is -3.09. The second-order valence-corrected chi connectivity index (χ2v) is 5.89. The molecule has 1 aromatic carbocycles. The number of aromatic nitrogens is 4. The van der Waals surface area contributed by atoms with Crippen LogP contribution in [-0.2, 0) is 7.05 Å². The molecule has 0 aliphatic rings. The van der Waals surface area contributed by atoms with Crippen molar-refractivity contribution in [2.75, 3.05) is 17.7 Å². The lowest BCUT2D eigenvalue weighted by atomic mass is 10.2. The zero-order valence-electron chi connectivity index (χ0n) is 13.8. The van der Waals surface area contributed by atoms with Crippen molar-refractivity contribution in [3.05, 3.63) is 42.3 Å². The summed E-state index contributed by atoms with van der Waals surface area (Å²) in [4.78, 5) is 10.9. The predicted octanol–water partition coefficient (Wildman–Crippen LogP) is 2.89. The number of fused-ring (bicyclic) bond motifs is 2. The second-order valence-electron chi connectivity index (χ2n) is 5.89. The van der Waals surface area contributed by atoms with Gasteiger partial charge in [0.1, 0.15) is 17.2 Å². The summed E-state index contributed by atoms with van der Waals surface area (Å²) in [7, 11) is 3.76. The van der Waals surface area contributed by atoms with Crippen LogP contribution in [0.1, 0.15) is 18.7 Å². The number of furan rings is 1. The van der Waals surface area contributed by atoms with Crippen LogP contribution in [0, 0.1) is 0 Å². The minimum atomic E-state index is -0.0394. The molecule has 4 aromatic rings. The Bertz CT molecular complexity index is 1000. The summed E-state index contributed by atoms with van der Waals surface area (Å²) in [5.74, 6) is 1.81. The monoisotopic (exact) mass is 322 g/mol. The SMILES string of the molecule is CC(c1cc2ccccc2o1)N(C)c1nc(N)c2cnn(C)c2n1. The molecular weight excluding hydrogens is 304 g/mol. The third-order valence-corrected chi connectivity index (χ3v) is 4.36. The molecule has 7 heteroatoms. The molecule has 0 saturated carbocycles. The molecule has 0 spiro atoms. The van der Waals surface area contributed by atoms with E-state index in [9.17, 15) is 0 Å². The molecular formula is C17H18N6O. The van der Waals surface area contributed by atoms with E-state index in [0.29, 0.717) is 17.4 Å². The summed E-state index contributed by atoms with van der Waals surface area (Å²) in [6.07, 6.45) is 1.68. The number of nitrogens with two attached hydrogens (primary N) is 1. The van der Waals surface area contributed by atoms with Gasteiger partial charge in [0.15, 0.2) is 5.65 Å². The zero-order chi connectivity index (χ0) is 16.8. The van der Waals surface area contributed by atoms with E-state index in [1.807, 2.05) is 56.3 Å². The maximum Gasteiger partial charge on any atom is 0.229 e. The topological polar surface area (TPSA) is 86.0 Å². The van der Waals surface area contributed by atoms with Gasteiger partial charge in [-0.15, -0.1) is 0 Å². The maximum absolute atomic E-state index is 6.05. The number of nitrogens with zero attached hydrogens (tertiary/aromatic N) is 5. The molecule has 0 amide bonds. The van der Waals surface area contributed by atoms with E-state index in [1.165, 1.54) is 0 Å². The smallest absolute Gasteiger partial charge is 0.229 e. The maximum atomic E-state index is 6.05. The largest absolute Gasteiger partial charge is 0.459 e. The van der Waals surface area contributed by atoms with Gasteiger partial charge in [-0.05, 0) is 19.1 Å². The fraction of sp³-hybridized carbons (Fsp3) is 0.235. The van der Waals surface area contributed by atoms with Gasteiger partial charge in [0.2, 0.25) is 5.95 Å². The highest BCUT2D eigenvalue weighted by molar-refractivity contribution is 5.86. The van der Waals surface area contributed by atoms with Crippen molar-refractivity contribution in [3.8, 4) is 0 Å². The number of anilines is 2. The van der Waals surface area contributed by atoms with Crippen molar-refractivity contribution >= 4 is 33.8 Å². The molecule has 0 aliphatic carbocycles. The fourth-order valence-electron chi connectivity index (χ4n) is 2.76. The lowest BCUT2D eigenvalue weighted by Crippen LogP contribution is -2.24. The number of para-hydroxylation sites is 1. The van der Waals surface area contributed by atoms with Gasteiger partial charge in [-0.25, -0.2) is 0 Å². The summed E-state index contributed by atoms with van der Waals surface area (Å²) in [5, 5.41) is 6.02. The lowest BCUT2D eigenvalue weighted by Gasteiger charge is -2.23. The van der Waals surface area contributed by atoms with E-state index in [1.54, 1.807) is 10.9 Å². The average molecular weight is 322 g/mol. The first-order valence-corrected chi connectivity index (χ1v) is 7.71. The highest BCUT2D eigenvalue weighted by Crippen LogP contribution is 2.29. The van der Waals surface area contributed by atoms with Crippen molar-refractivity contribution in [1.82, 2.24) is 19.7 Å². The van der Waals surface area contributed by atoms with E-state index in [0.717, 1.165) is 22.1 Å². The minimum absolute atomic E-state index is 0.0394. The molecule has 1 unspecified atom stereocenters. The molecule has 0 fully saturated rings. The molecule has 122 valence electrons. The second kappa shape index (κ2) is 5.23. The average Bonchev–Trinajstić information content (AvgIpc) is 3.17. The van der Waals surface area contributed by atoms with Gasteiger partial charge in [0.25, 0.3) is 0 Å². The van der Waals surface area contributed by atoms with Crippen LogP contribution in [0.15, 0.2) is 40.9 Å². The number of nitrogen functional groups attached to an aromatic ring is 1. The first kappa shape index (κ1) is 14.5. The van der Waals surface area contributed by atoms with Gasteiger partial charge in [-0.2, -0.15) is 15.1 Å². The van der Waals surface area contributed by atoms with Gasteiger partial charge in [-0.1, -0.05) is 18.2 Å². The first-order valence-electron chi connectivity index (χ1n) is 7.71. The quantitative estimate of drug-likeness (QED) is 0.624. The van der Waals surface area contributed by atoms with Gasteiger partial charge in [-0.3, -0.25) is 4.68 Å². The van der Waals surface area contributed by atoms with Crippen LogP contribution in [0.4, 0.5) is 11.8 Å². The van der Waals surface area contributed by atoms with Gasteiger partial charge in [0, 0.05) is 19.5 Å². The van der Waals surface area contributed by atoms with Crippen molar-refractivity contribution < 1.29 is 4.42 Å². The summed E-state index contributed by atoms with van der Waals surface area (Å²) in [5.41, 5.74) is 7.63. The molecule has 0 bridgehead atoms. The predicted molar refractivity (Wildman–Crippen MR) is 93.7 cm³/mol. The standard InChI is InChI=1S/C17H18N6O/c1-10(14-8-11-6-4-5-7-13(11)24-14)22(2)17-20-15(18)12-9-19-23(3)16(12)21-17/h4-10H,1-3H3,(H2,18,20,21). The van der Waals surface area contributed by atoms with Crippen LogP contribution in [-0.4, -0.2) is 26.8 Å². The highest BCUT2D eigenvalue weighted by Gasteiger charge is 2.20. The third kappa shape index (κ3) is 2.17. The van der Waals surface area contributed by atoms with E-state index in [-0.39, 0.29) is 6.04 Å². The molecule has 0 saturated heterocycles. The van der Waals surface area contributed by atoms with Gasteiger partial charge in [0.05, 0.1) is 17.6 Å². The van der Waals surface area contributed by atoms with Crippen LogP contribution < -0.4 is 10.6 Å². The lowest BCUT2D eigenvalue weighted by molar-refractivity contribution is 0.499. The van der Waals surface area contributed by atoms with Crippen molar-refractivity contribution in [3.63, 3.8) is 0 Å². The molecule has 3 heterocycles. The van der Waals surface area contributed by atoms with Crippen LogP contribution in [0.3, 0.4) is 0 Å². The first-order chi connectivity index (χ1) is 11.5. The van der Waals surface area contributed by atoms with Crippen LogP contribution in [0.5, 0.6) is 0 Å². The van der Waals surface area contributed by atoms with Gasteiger partial charge < -0.3 is 15.1 Å². The van der Waals surface area contributed by atoms with Crippen molar-refractivity contribution in [2.45, 2.75) is 13.0 Å². The number of hydrogen-bond acceptors (Lipinski definition) is 6. The Morgan fingerprint density at radius 2 is 2.04 bits per heavy atom. The van der Waals surface area contributed by atoms with E-state index < -0.39 is 0 Å². The number of benzene rings is 1. The van der Waals surface area contributed by atoms with Crippen LogP contribution >= 0.6 is 0 Å². The Morgan fingerprint density at radius 1 is 1.25 bits per heavy atom. The van der Waals surface area contributed by atoms with E-state index in [4.69, 9.17) is 10.2 Å². The summed E-state index contributed by atoms with van der Waals surface area (Å²) >= 11 is 0. The molecule has 4 rings (SSSR count). The van der Waals surface area contributed by atoms with Crippen LogP contribution in [0.25, 0.3) is 22.0 Å². The number of hydrogen-bond donors (Lipinski definition) is 1. The minimum Gasteiger partial charge on any atom is -0.459 e. The Balaban J connectivity index is 1.74. The summed E-state index contributed by atoms with van der Waals surface area (Å²) in [6.45, 7) is 2.05. The Kier molecular flexibility index (Phi) is 3.16. The Morgan fingerprint density at radius 3 is 2.83 bits per heavy atom. The van der Waals surface area contributed by atoms with Gasteiger partial charge >= 0.3 is 0 Å². The summed E-state index contributed by atoms with van der Waals surface area (Å²) < 4.78 is 7.64. The zero-order valence-corrected chi connectivity index (χ0v) is 13.8. The molecule has 3 aromatic heterocycles. The summed E-state index contributed by atoms with van der Waals surface area (Å²) in [6, 6.07) is 9.96. The molecule has 1 atom stereocenters. The molecule has 2 N–H and O–H groups in total. The normalized spacial score (nSPS) is 12.8. The fourth-order valence-corrected chi connectivity index (χ4v) is 2.76.